The zero-order valence-electron chi connectivity index (χ0n) is 12.8. The van der Waals surface area contributed by atoms with Crippen molar-refractivity contribution in [2.75, 3.05) is 26.0 Å². The third kappa shape index (κ3) is 4.66. The van der Waals surface area contributed by atoms with Crippen LogP contribution in [0.3, 0.4) is 0 Å². The molecular formula is C15H22N2O4. The van der Waals surface area contributed by atoms with E-state index in [0.717, 1.165) is 6.42 Å². The fourth-order valence-electron chi connectivity index (χ4n) is 1.83. The number of amides is 2. The molecule has 0 heterocycles. The van der Waals surface area contributed by atoms with Gasteiger partial charge in [-0.1, -0.05) is 20.3 Å². The second-order valence-corrected chi connectivity index (χ2v) is 5.04. The number of nitrogens with zero attached hydrogens (tertiary/aromatic N) is 1. The molecule has 0 fully saturated rings. The van der Waals surface area contributed by atoms with E-state index in [1.54, 1.807) is 11.9 Å². The van der Waals surface area contributed by atoms with Gasteiger partial charge in [-0.05, 0) is 24.1 Å². The van der Waals surface area contributed by atoms with E-state index >= 15 is 0 Å². The minimum atomic E-state index is -1.05. The molecule has 0 aliphatic rings. The monoisotopic (exact) mass is 294 g/mol. The molecule has 0 aliphatic carbocycles. The number of anilines is 1. The van der Waals surface area contributed by atoms with Gasteiger partial charge in [-0.15, -0.1) is 0 Å². The highest BCUT2D eigenvalue weighted by atomic mass is 16.5. The summed E-state index contributed by atoms with van der Waals surface area (Å²) in [6.45, 7) is 4.76. The van der Waals surface area contributed by atoms with Gasteiger partial charge < -0.3 is 20.1 Å². The van der Waals surface area contributed by atoms with Gasteiger partial charge in [-0.3, -0.25) is 0 Å². The number of methoxy groups -OCH3 is 1. The number of urea groups is 1. The largest absolute Gasteiger partial charge is 0.495 e. The molecule has 1 rings (SSSR count). The number of rotatable bonds is 6. The quantitative estimate of drug-likeness (QED) is 0.845. The zero-order chi connectivity index (χ0) is 16.0. The van der Waals surface area contributed by atoms with Crippen molar-refractivity contribution in [1.82, 2.24) is 4.90 Å². The molecule has 1 aromatic rings. The summed E-state index contributed by atoms with van der Waals surface area (Å²) in [4.78, 5) is 24.7. The van der Waals surface area contributed by atoms with Gasteiger partial charge in [0, 0.05) is 13.6 Å². The summed E-state index contributed by atoms with van der Waals surface area (Å²) in [6, 6.07) is 4.04. The highest BCUT2D eigenvalue weighted by molar-refractivity contribution is 5.94. The van der Waals surface area contributed by atoms with E-state index in [2.05, 4.69) is 19.2 Å². The van der Waals surface area contributed by atoms with Crippen molar-refractivity contribution in [3.63, 3.8) is 0 Å². The summed E-state index contributed by atoms with van der Waals surface area (Å²) >= 11 is 0. The van der Waals surface area contributed by atoms with Crippen molar-refractivity contribution in [3.05, 3.63) is 23.8 Å². The number of aromatic carboxylic acids is 1. The Labute approximate surface area is 124 Å². The number of carboxylic acid groups (broad SMARTS) is 1. The topological polar surface area (TPSA) is 78.9 Å². The van der Waals surface area contributed by atoms with Crippen LogP contribution in [0.1, 0.15) is 30.6 Å². The summed E-state index contributed by atoms with van der Waals surface area (Å²) in [7, 11) is 3.17. The van der Waals surface area contributed by atoms with Crippen molar-refractivity contribution < 1.29 is 19.4 Å². The molecule has 1 aromatic carbocycles. The van der Waals surface area contributed by atoms with E-state index in [0.29, 0.717) is 23.9 Å². The number of carbonyl (C=O) groups is 2. The van der Waals surface area contributed by atoms with Gasteiger partial charge in [0.15, 0.2) is 0 Å². The summed E-state index contributed by atoms with van der Waals surface area (Å²) in [5.41, 5.74) is 0.439. The summed E-state index contributed by atoms with van der Waals surface area (Å²) < 4.78 is 5.14. The third-order valence-electron chi connectivity index (χ3n) is 3.32. The van der Waals surface area contributed by atoms with Crippen molar-refractivity contribution in [2.45, 2.75) is 20.3 Å². The zero-order valence-corrected chi connectivity index (χ0v) is 12.8. The molecule has 0 spiro atoms. The molecule has 0 bridgehead atoms. The fourth-order valence-corrected chi connectivity index (χ4v) is 1.83. The van der Waals surface area contributed by atoms with Gasteiger partial charge in [0.25, 0.3) is 0 Å². The van der Waals surface area contributed by atoms with Crippen molar-refractivity contribution in [3.8, 4) is 5.75 Å². The van der Waals surface area contributed by atoms with Crippen molar-refractivity contribution >= 4 is 17.7 Å². The Morgan fingerprint density at radius 2 is 2.10 bits per heavy atom. The third-order valence-corrected chi connectivity index (χ3v) is 3.32. The average molecular weight is 294 g/mol. The summed E-state index contributed by atoms with van der Waals surface area (Å²) in [6.07, 6.45) is 0.982. The molecule has 6 heteroatoms. The predicted molar refractivity (Wildman–Crippen MR) is 81.1 cm³/mol. The van der Waals surface area contributed by atoms with E-state index < -0.39 is 5.97 Å². The number of nitrogens with one attached hydrogen (secondary N) is 1. The Balaban J connectivity index is 2.87. The van der Waals surface area contributed by atoms with Crippen LogP contribution in [0.4, 0.5) is 10.5 Å². The average Bonchev–Trinajstić information content (AvgIpc) is 2.46. The highest BCUT2D eigenvalue weighted by Gasteiger charge is 2.15. The Morgan fingerprint density at radius 1 is 1.43 bits per heavy atom. The van der Waals surface area contributed by atoms with E-state index in [1.165, 1.54) is 25.3 Å². The van der Waals surface area contributed by atoms with E-state index in [4.69, 9.17) is 9.84 Å². The van der Waals surface area contributed by atoms with Crippen LogP contribution in [0.15, 0.2) is 18.2 Å². The predicted octanol–water partition coefficient (Wildman–Crippen LogP) is 2.90. The number of carboxylic acids is 1. The molecule has 0 aromatic heterocycles. The molecule has 1 atom stereocenters. The van der Waals surface area contributed by atoms with Gasteiger partial charge in [0.05, 0.1) is 18.4 Å². The molecule has 2 amide bonds. The lowest BCUT2D eigenvalue weighted by atomic mass is 10.1. The Bertz CT molecular complexity index is 516. The van der Waals surface area contributed by atoms with Crippen LogP contribution in [0.5, 0.6) is 5.75 Å². The van der Waals surface area contributed by atoms with Crippen LogP contribution in [-0.4, -0.2) is 42.7 Å². The number of ether oxygens (including phenoxy) is 1. The fraction of sp³-hybridized carbons (Fsp3) is 0.467. The van der Waals surface area contributed by atoms with Gasteiger partial charge in [-0.2, -0.15) is 0 Å². The molecule has 0 saturated carbocycles. The number of hydrogen-bond donors (Lipinski definition) is 2. The van der Waals surface area contributed by atoms with Crippen LogP contribution in [0.2, 0.25) is 0 Å². The Hall–Kier alpha value is -2.24. The van der Waals surface area contributed by atoms with Crippen LogP contribution in [0, 0.1) is 5.92 Å². The maximum absolute atomic E-state index is 12.1. The van der Waals surface area contributed by atoms with E-state index in [1.807, 2.05) is 0 Å². The first-order chi connectivity index (χ1) is 9.88. The Kier molecular flexibility index (Phi) is 6.02. The smallest absolute Gasteiger partial charge is 0.335 e. The maximum Gasteiger partial charge on any atom is 0.335 e. The molecule has 1 unspecified atom stereocenters. The van der Waals surface area contributed by atoms with Gasteiger partial charge in [0.1, 0.15) is 5.75 Å². The van der Waals surface area contributed by atoms with Crippen LogP contribution in [0.25, 0.3) is 0 Å². The highest BCUT2D eigenvalue weighted by Crippen LogP contribution is 2.25. The van der Waals surface area contributed by atoms with Gasteiger partial charge >= 0.3 is 12.0 Å². The number of carbonyl (C=O) groups excluding carboxylic acids is 1. The summed E-state index contributed by atoms with van der Waals surface area (Å²) in [5, 5.41) is 11.7. The first-order valence-corrected chi connectivity index (χ1v) is 6.82. The second kappa shape index (κ2) is 7.52. The lowest BCUT2D eigenvalue weighted by Gasteiger charge is -2.22. The minimum Gasteiger partial charge on any atom is -0.495 e. The molecule has 6 nitrogen and oxygen atoms in total. The van der Waals surface area contributed by atoms with Crippen LogP contribution >= 0.6 is 0 Å². The second-order valence-electron chi connectivity index (χ2n) is 5.04. The first kappa shape index (κ1) is 16.8. The number of benzene rings is 1. The van der Waals surface area contributed by atoms with E-state index in [9.17, 15) is 9.59 Å². The molecule has 0 radical (unpaired) electrons. The first-order valence-electron chi connectivity index (χ1n) is 6.82. The molecule has 0 aliphatic heterocycles. The normalized spacial score (nSPS) is 11.6. The van der Waals surface area contributed by atoms with Crippen molar-refractivity contribution in [1.29, 1.82) is 0 Å². The molecular weight excluding hydrogens is 272 g/mol. The van der Waals surface area contributed by atoms with Crippen molar-refractivity contribution in [2.24, 2.45) is 5.92 Å². The lowest BCUT2D eigenvalue weighted by Crippen LogP contribution is -2.34. The van der Waals surface area contributed by atoms with E-state index in [-0.39, 0.29) is 11.6 Å². The Morgan fingerprint density at radius 3 is 2.62 bits per heavy atom. The molecule has 2 N–H and O–H groups in total. The SMILES string of the molecule is CCC(C)CN(C)C(=O)Nc1cc(C(=O)O)ccc1OC. The van der Waals surface area contributed by atoms with Gasteiger partial charge in [0.2, 0.25) is 0 Å². The molecule has 21 heavy (non-hydrogen) atoms. The number of hydrogen-bond acceptors (Lipinski definition) is 3. The molecule has 0 saturated heterocycles. The van der Waals surface area contributed by atoms with Crippen LogP contribution < -0.4 is 10.1 Å². The maximum atomic E-state index is 12.1. The molecule has 116 valence electrons. The standard InChI is InChI=1S/C15H22N2O4/c1-5-10(2)9-17(3)15(20)16-12-8-11(14(18)19)6-7-13(12)21-4/h6-8,10H,5,9H2,1-4H3,(H,16,20)(H,18,19). The van der Waals surface area contributed by atoms with Gasteiger partial charge in [-0.25, -0.2) is 9.59 Å². The lowest BCUT2D eigenvalue weighted by molar-refractivity contribution is 0.0697. The minimum absolute atomic E-state index is 0.0932. The summed E-state index contributed by atoms with van der Waals surface area (Å²) in [5.74, 6) is -0.237. The van der Waals surface area contributed by atoms with Crippen LogP contribution in [-0.2, 0) is 0 Å².